The van der Waals surface area contributed by atoms with Crippen LogP contribution in [0.15, 0.2) is 12.7 Å². The summed E-state index contributed by atoms with van der Waals surface area (Å²) in [4.78, 5) is 13.3. The first-order valence-electron chi connectivity index (χ1n) is 5.19. The van der Waals surface area contributed by atoms with Gasteiger partial charge in [-0.1, -0.05) is 12.7 Å². The largest absolute Gasteiger partial charge is 0.460 e. The Morgan fingerprint density at radius 3 is 2.76 bits per heavy atom. The summed E-state index contributed by atoms with van der Waals surface area (Å²) in [6, 6.07) is -0.457. The van der Waals surface area contributed by atoms with Crippen LogP contribution in [0.4, 0.5) is 0 Å². The van der Waals surface area contributed by atoms with E-state index in [0.29, 0.717) is 13.0 Å². The van der Waals surface area contributed by atoms with Crippen LogP contribution in [0.25, 0.3) is 0 Å². The molecule has 0 amide bonds. The van der Waals surface area contributed by atoms with Crippen molar-refractivity contribution >= 4 is 16.1 Å². The number of rotatable bonds is 5. The van der Waals surface area contributed by atoms with Crippen molar-refractivity contribution in [3.63, 3.8) is 0 Å². The van der Waals surface area contributed by atoms with Crippen LogP contribution in [0.5, 0.6) is 0 Å². The first-order valence-corrected chi connectivity index (χ1v) is 7.01. The topological polar surface area (TPSA) is 72.9 Å². The molecule has 0 spiro atoms. The molecule has 0 radical (unpaired) electrons. The van der Waals surface area contributed by atoms with Gasteiger partial charge in [-0.2, -0.15) is 8.42 Å². The average molecular weight is 263 g/mol. The molecule has 1 heterocycles. The Bertz CT molecular complexity index is 392. The summed E-state index contributed by atoms with van der Waals surface area (Å²) in [7, 11) is -1.76. The number of carbonyl (C=O) groups excluding carboxylic acids is 1. The van der Waals surface area contributed by atoms with E-state index in [0.717, 1.165) is 6.26 Å². The van der Waals surface area contributed by atoms with Gasteiger partial charge in [0.15, 0.2) is 0 Å². The van der Waals surface area contributed by atoms with Crippen molar-refractivity contribution in [1.82, 2.24) is 4.90 Å². The number of hydrogen-bond donors (Lipinski definition) is 0. The van der Waals surface area contributed by atoms with Crippen molar-refractivity contribution in [3.8, 4) is 0 Å². The van der Waals surface area contributed by atoms with Crippen LogP contribution in [0, 0.1) is 0 Å². The summed E-state index contributed by atoms with van der Waals surface area (Å²) in [5, 5.41) is 0. The van der Waals surface area contributed by atoms with Crippen molar-refractivity contribution in [3.05, 3.63) is 12.7 Å². The summed E-state index contributed by atoms with van der Waals surface area (Å²) in [5.74, 6) is -0.382. The zero-order valence-electron chi connectivity index (χ0n) is 9.96. The van der Waals surface area contributed by atoms with Crippen LogP contribution in [0.1, 0.15) is 6.42 Å². The Kier molecular flexibility index (Phi) is 4.67. The molecule has 0 bridgehead atoms. The third kappa shape index (κ3) is 4.45. The highest BCUT2D eigenvalue weighted by atomic mass is 32.2. The average Bonchev–Trinajstić information content (AvgIpc) is 2.53. The molecule has 2 atom stereocenters. The van der Waals surface area contributed by atoms with Crippen LogP contribution in [0.3, 0.4) is 0 Å². The van der Waals surface area contributed by atoms with Gasteiger partial charge in [0.2, 0.25) is 0 Å². The number of ether oxygens (including phenoxy) is 1. The lowest BCUT2D eigenvalue weighted by Gasteiger charge is -2.16. The molecular weight excluding hydrogens is 246 g/mol. The standard InChI is InChI=1S/C10H17NO5S/c1-4-5-15-10(12)9-6-8(7-11(9)2)16-17(3,13)14/h4,8-9H,1,5-7H2,2-3H3/t8-,9+/m1/s1. The van der Waals surface area contributed by atoms with Crippen molar-refractivity contribution in [1.29, 1.82) is 0 Å². The Balaban J connectivity index is 2.54. The van der Waals surface area contributed by atoms with Gasteiger partial charge >= 0.3 is 5.97 Å². The van der Waals surface area contributed by atoms with E-state index in [1.54, 1.807) is 11.9 Å². The molecule has 0 aliphatic carbocycles. The van der Waals surface area contributed by atoms with Gasteiger partial charge in [0, 0.05) is 13.0 Å². The Hall–Kier alpha value is -0.920. The van der Waals surface area contributed by atoms with Crippen LogP contribution >= 0.6 is 0 Å². The van der Waals surface area contributed by atoms with E-state index in [4.69, 9.17) is 8.92 Å². The van der Waals surface area contributed by atoms with Crippen molar-refractivity contribution in [2.45, 2.75) is 18.6 Å². The SMILES string of the molecule is C=CCOC(=O)[C@@H]1C[C@@H](OS(C)(=O)=O)CN1C. The molecule has 17 heavy (non-hydrogen) atoms. The quantitative estimate of drug-likeness (QED) is 0.387. The van der Waals surface area contributed by atoms with Crippen molar-refractivity contribution < 1.29 is 22.1 Å². The fourth-order valence-corrected chi connectivity index (χ4v) is 2.42. The molecule has 0 aromatic heterocycles. The molecular formula is C10H17NO5S. The summed E-state index contributed by atoms with van der Waals surface area (Å²) in [6.45, 7) is 3.99. The maximum atomic E-state index is 11.6. The summed E-state index contributed by atoms with van der Waals surface area (Å²) in [5.41, 5.74) is 0. The second-order valence-corrected chi connectivity index (χ2v) is 5.63. The second-order valence-electron chi connectivity index (χ2n) is 4.03. The summed E-state index contributed by atoms with van der Waals surface area (Å²) < 4.78 is 31.7. The fourth-order valence-electron chi connectivity index (χ4n) is 1.78. The molecule has 1 fully saturated rings. The van der Waals surface area contributed by atoms with Crippen LogP contribution in [0.2, 0.25) is 0 Å². The Morgan fingerprint density at radius 2 is 2.24 bits per heavy atom. The lowest BCUT2D eigenvalue weighted by Crippen LogP contribution is -2.34. The molecule has 1 rings (SSSR count). The van der Waals surface area contributed by atoms with E-state index in [1.807, 2.05) is 0 Å². The van der Waals surface area contributed by atoms with E-state index >= 15 is 0 Å². The molecule has 0 unspecified atom stereocenters. The molecule has 0 aromatic carbocycles. The van der Waals surface area contributed by atoms with Crippen LogP contribution in [-0.4, -0.2) is 57.9 Å². The third-order valence-electron chi connectivity index (χ3n) is 2.44. The molecule has 0 aromatic rings. The number of likely N-dealkylation sites (N-methyl/N-ethyl adjacent to an activating group) is 1. The van der Waals surface area contributed by atoms with Gasteiger partial charge in [0.25, 0.3) is 10.1 Å². The summed E-state index contributed by atoms with van der Waals surface area (Å²) >= 11 is 0. The van der Waals surface area contributed by atoms with E-state index in [9.17, 15) is 13.2 Å². The molecule has 7 heteroatoms. The Labute approximate surface area is 101 Å². The van der Waals surface area contributed by atoms with E-state index in [2.05, 4.69) is 6.58 Å². The number of hydrogen-bond acceptors (Lipinski definition) is 6. The highest BCUT2D eigenvalue weighted by molar-refractivity contribution is 7.86. The monoisotopic (exact) mass is 263 g/mol. The minimum absolute atomic E-state index is 0.154. The predicted molar refractivity (Wildman–Crippen MR) is 61.9 cm³/mol. The predicted octanol–water partition coefficient (Wildman–Crippen LogP) is -0.235. The lowest BCUT2D eigenvalue weighted by atomic mass is 10.2. The zero-order chi connectivity index (χ0) is 13.1. The minimum atomic E-state index is -3.49. The van der Waals surface area contributed by atoms with Crippen molar-refractivity contribution in [2.75, 3.05) is 26.5 Å². The highest BCUT2D eigenvalue weighted by Crippen LogP contribution is 2.20. The molecule has 1 saturated heterocycles. The van der Waals surface area contributed by atoms with E-state index < -0.39 is 22.3 Å². The third-order valence-corrected chi connectivity index (χ3v) is 3.06. The van der Waals surface area contributed by atoms with E-state index in [1.165, 1.54) is 6.08 Å². The molecule has 0 N–H and O–H groups in total. The number of likely N-dealkylation sites (tertiary alicyclic amines) is 1. The normalized spacial score (nSPS) is 25.8. The molecule has 0 saturated carbocycles. The number of nitrogens with zero attached hydrogens (tertiary/aromatic N) is 1. The fraction of sp³-hybridized carbons (Fsp3) is 0.700. The van der Waals surface area contributed by atoms with Gasteiger partial charge < -0.3 is 4.74 Å². The van der Waals surface area contributed by atoms with Crippen LogP contribution in [-0.2, 0) is 23.8 Å². The van der Waals surface area contributed by atoms with Gasteiger partial charge in [-0.3, -0.25) is 13.9 Å². The lowest BCUT2D eigenvalue weighted by molar-refractivity contribution is -0.147. The van der Waals surface area contributed by atoms with E-state index in [-0.39, 0.29) is 12.6 Å². The second kappa shape index (κ2) is 5.61. The zero-order valence-corrected chi connectivity index (χ0v) is 10.8. The maximum Gasteiger partial charge on any atom is 0.323 e. The smallest absolute Gasteiger partial charge is 0.323 e. The molecule has 1 aliphatic rings. The maximum absolute atomic E-state index is 11.6. The molecule has 98 valence electrons. The van der Waals surface area contributed by atoms with Gasteiger partial charge in [-0.25, -0.2) is 0 Å². The first-order chi connectivity index (χ1) is 7.83. The van der Waals surface area contributed by atoms with Gasteiger partial charge in [-0.05, 0) is 7.05 Å². The first kappa shape index (κ1) is 14.1. The Morgan fingerprint density at radius 1 is 1.59 bits per heavy atom. The highest BCUT2D eigenvalue weighted by Gasteiger charge is 2.37. The number of esters is 1. The number of carbonyl (C=O) groups is 1. The summed E-state index contributed by atoms with van der Waals surface area (Å²) in [6.07, 6.45) is 2.31. The van der Waals surface area contributed by atoms with Gasteiger partial charge in [0.05, 0.1) is 12.4 Å². The van der Waals surface area contributed by atoms with Crippen LogP contribution < -0.4 is 0 Å². The van der Waals surface area contributed by atoms with Gasteiger partial charge in [-0.15, -0.1) is 0 Å². The minimum Gasteiger partial charge on any atom is -0.460 e. The molecule has 6 nitrogen and oxygen atoms in total. The molecule has 1 aliphatic heterocycles. The van der Waals surface area contributed by atoms with Crippen molar-refractivity contribution in [2.24, 2.45) is 0 Å². The van der Waals surface area contributed by atoms with Gasteiger partial charge in [0.1, 0.15) is 12.6 Å².